The molecular formula is C29H40N4O4. The van der Waals surface area contributed by atoms with Crippen molar-refractivity contribution >= 4 is 11.4 Å². The third-order valence-electron chi connectivity index (χ3n) is 6.72. The molecule has 2 unspecified atom stereocenters. The van der Waals surface area contributed by atoms with E-state index in [-0.39, 0.29) is 36.3 Å². The average Bonchev–Trinajstić information content (AvgIpc) is 3.26. The number of unbranched alkanes of at least 4 members (excludes halogenated alkanes) is 1. The fourth-order valence-electron chi connectivity index (χ4n) is 5.21. The molecule has 0 bridgehead atoms. The van der Waals surface area contributed by atoms with E-state index in [2.05, 4.69) is 24.1 Å². The number of carbonyl (C=O) groups excluding carboxylic acids is 1. The number of nitrogens with zero attached hydrogens (tertiary/aromatic N) is 3. The van der Waals surface area contributed by atoms with Crippen LogP contribution in [0.2, 0.25) is 0 Å². The van der Waals surface area contributed by atoms with Gasteiger partial charge in [-0.2, -0.15) is 0 Å². The number of carbonyl (C=O) groups is 1. The van der Waals surface area contributed by atoms with Gasteiger partial charge in [0.05, 0.1) is 25.0 Å². The van der Waals surface area contributed by atoms with Crippen LogP contribution in [0.3, 0.4) is 0 Å². The number of hydrogen-bond acceptors (Lipinski definition) is 5. The van der Waals surface area contributed by atoms with Crippen molar-refractivity contribution in [2.75, 3.05) is 26.7 Å². The maximum atomic E-state index is 13.6. The summed E-state index contributed by atoms with van der Waals surface area (Å²) in [5, 5.41) is 2.90. The predicted octanol–water partition coefficient (Wildman–Crippen LogP) is 3.73. The minimum absolute atomic E-state index is 0.00371. The zero-order chi connectivity index (χ0) is 26.5. The highest BCUT2D eigenvalue weighted by Gasteiger charge is 2.21. The van der Waals surface area contributed by atoms with Crippen LogP contribution in [0.15, 0.2) is 47.5 Å². The van der Waals surface area contributed by atoms with Crippen molar-refractivity contribution in [1.29, 1.82) is 0 Å². The lowest BCUT2D eigenvalue weighted by molar-refractivity contribution is -0.122. The van der Waals surface area contributed by atoms with Gasteiger partial charge >= 0.3 is 0 Å². The smallest absolute Gasteiger partial charge is 0.275 e. The molecule has 1 aromatic carbocycles. The summed E-state index contributed by atoms with van der Waals surface area (Å²) in [6.07, 6.45) is 7.59. The first kappa shape index (κ1) is 26.9. The minimum atomic E-state index is -0.191. The Morgan fingerprint density at radius 2 is 1.89 bits per heavy atom. The topological polar surface area (TPSA) is 77.2 Å². The largest absolute Gasteiger partial charge is 0.497 e. The quantitative estimate of drug-likeness (QED) is 0.422. The van der Waals surface area contributed by atoms with E-state index in [0.717, 1.165) is 50.0 Å². The number of methoxy groups -OCH3 is 1. The van der Waals surface area contributed by atoms with Gasteiger partial charge in [-0.3, -0.25) is 19.1 Å². The Kier molecular flexibility index (Phi) is 8.71. The zero-order valence-corrected chi connectivity index (χ0v) is 22.7. The summed E-state index contributed by atoms with van der Waals surface area (Å²) in [6.45, 7) is 11.1. The van der Waals surface area contributed by atoms with Crippen molar-refractivity contribution in [3.05, 3.63) is 58.6 Å². The molecule has 1 N–H and O–H groups in total. The van der Waals surface area contributed by atoms with Crippen LogP contribution in [0, 0.1) is 0 Å². The molecule has 37 heavy (non-hydrogen) atoms. The first-order valence-corrected chi connectivity index (χ1v) is 13.3. The van der Waals surface area contributed by atoms with Gasteiger partial charge in [-0.05, 0) is 77.3 Å². The van der Waals surface area contributed by atoms with Gasteiger partial charge in [0.1, 0.15) is 17.8 Å². The lowest BCUT2D eigenvalue weighted by Gasteiger charge is -2.35. The molecule has 0 spiro atoms. The highest BCUT2D eigenvalue weighted by atomic mass is 16.5. The molecule has 2 atom stereocenters. The van der Waals surface area contributed by atoms with E-state index in [0.29, 0.717) is 17.0 Å². The van der Waals surface area contributed by atoms with Gasteiger partial charge in [0.25, 0.3) is 5.56 Å². The Morgan fingerprint density at radius 3 is 2.59 bits per heavy atom. The molecule has 3 heterocycles. The second-order valence-electron chi connectivity index (χ2n) is 10.5. The molecule has 1 saturated heterocycles. The molecule has 8 heteroatoms. The Balaban J connectivity index is 1.56. The number of rotatable bonds is 10. The lowest BCUT2D eigenvalue weighted by atomic mass is 10.1. The van der Waals surface area contributed by atoms with Crippen LogP contribution < -0.4 is 15.6 Å². The molecule has 1 aliphatic heterocycles. The SMILES string of the molecule is COc1cccc(-c2cn3cc(CCCCN4CC(C)OC(C)C4)cc3c(=O)n2CC(=O)NC(C)C)c1. The number of amides is 1. The summed E-state index contributed by atoms with van der Waals surface area (Å²) < 4.78 is 14.7. The van der Waals surface area contributed by atoms with Gasteiger partial charge in [0.2, 0.25) is 5.91 Å². The summed E-state index contributed by atoms with van der Waals surface area (Å²) in [7, 11) is 1.61. The van der Waals surface area contributed by atoms with Gasteiger partial charge in [0, 0.05) is 37.1 Å². The van der Waals surface area contributed by atoms with Crippen molar-refractivity contribution < 1.29 is 14.3 Å². The van der Waals surface area contributed by atoms with Crippen LogP contribution in [0.5, 0.6) is 5.75 Å². The minimum Gasteiger partial charge on any atom is -0.497 e. The Labute approximate surface area is 219 Å². The summed E-state index contributed by atoms with van der Waals surface area (Å²) in [5.74, 6) is 0.504. The summed E-state index contributed by atoms with van der Waals surface area (Å²) in [5.41, 5.74) is 3.02. The molecule has 0 aliphatic carbocycles. The van der Waals surface area contributed by atoms with Crippen molar-refractivity contribution in [2.24, 2.45) is 0 Å². The average molecular weight is 509 g/mol. The fourth-order valence-corrected chi connectivity index (χ4v) is 5.21. The molecule has 1 fully saturated rings. The molecule has 1 aliphatic rings. The van der Waals surface area contributed by atoms with Crippen LogP contribution in [-0.4, -0.2) is 64.8 Å². The predicted molar refractivity (Wildman–Crippen MR) is 146 cm³/mol. The van der Waals surface area contributed by atoms with Gasteiger partial charge in [-0.1, -0.05) is 12.1 Å². The third-order valence-corrected chi connectivity index (χ3v) is 6.72. The van der Waals surface area contributed by atoms with Crippen molar-refractivity contribution in [1.82, 2.24) is 19.2 Å². The summed E-state index contributed by atoms with van der Waals surface area (Å²) in [6, 6.07) is 9.52. The van der Waals surface area contributed by atoms with Crippen LogP contribution in [0.4, 0.5) is 0 Å². The molecule has 2 aromatic heterocycles. The van der Waals surface area contributed by atoms with Crippen molar-refractivity contribution in [3.63, 3.8) is 0 Å². The molecule has 0 radical (unpaired) electrons. The number of nitrogens with one attached hydrogen (secondary N) is 1. The van der Waals surface area contributed by atoms with E-state index >= 15 is 0 Å². The normalized spacial score (nSPS) is 18.4. The van der Waals surface area contributed by atoms with Gasteiger partial charge in [-0.25, -0.2) is 0 Å². The number of hydrogen-bond donors (Lipinski definition) is 1. The maximum Gasteiger partial charge on any atom is 0.275 e. The summed E-state index contributed by atoms with van der Waals surface area (Å²) >= 11 is 0. The van der Waals surface area contributed by atoms with E-state index in [1.54, 1.807) is 11.7 Å². The summed E-state index contributed by atoms with van der Waals surface area (Å²) in [4.78, 5) is 28.8. The van der Waals surface area contributed by atoms with E-state index in [1.807, 2.05) is 61.0 Å². The molecule has 200 valence electrons. The molecule has 3 aromatic rings. The maximum absolute atomic E-state index is 13.6. The van der Waals surface area contributed by atoms with Crippen LogP contribution in [-0.2, 0) is 22.5 Å². The van der Waals surface area contributed by atoms with Crippen molar-refractivity contribution in [3.8, 4) is 17.0 Å². The number of morpholine rings is 1. The van der Waals surface area contributed by atoms with Crippen LogP contribution in [0.25, 0.3) is 16.8 Å². The second kappa shape index (κ2) is 12.0. The van der Waals surface area contributed by atoms with E-state index < -0.39 is 0 Å². The molecule has 8 nitrogen and oxygen atoms in total. The third kappa shape index (κ3) is 6.81. The monoisotopic (exact) mass is 508 g/mol. The first-order valence-electron chi connectivity index (χ1n) is 13.3. The second-order valence-corrected chi connectivity index (χ2v) is 10.5. The van der Waals surface area contributed by atoms with Gasteiger partial charge in [-0.15, -0.1) is 0 Å². The fraction of sp³-hybridized carbons (Fsp3) is 0.517. The van der Waals surface area contributed by atoms with E-state index in [1.165, 1.54) is 0 Å². The zero-order valence-electron chi connectivity index (χ0n) is 22.7. The first-order chi connectivity index (χ1) is 17.7. The van der Waals surface area contributed by atoms with Crippen LogP contribution >= 0.6 is 0 Å². The molecular weight excluding hydrogens is 468 g/mol. The lowest BCUT2D eigenvalue weighted by Crippen LogP contribution is -2.45. The van der Waals surface area contributed by atoms with E-state index in [9.17, 15) is 9.59 Å². The number of benzene rings is 1. The number of aryl methyl sites for hydroxylation is 1. The van der Waals surface area contributed by atoms with Crippen molar-refractivity contribution in [2.45, 2.75) is 71.8 Å². The van der Waals surface area contributed by atoms with E-state index in [4.69, 9.17) is 9.47 Å². The Bertz CT molecular complexity index is 1270. The van der Waals surface area contributed by atoms with Gasteiger partial charge < -0.3 is 19.2 Å². The molecule has 4 rings (SSSR count). The number of aromatic nitrogens is 2. The Morgan fingerprint density at radius 1 is 1.14 bits per heavy atom. The molecule has 0 saturated carbocycles. The standard InChI is InChI=1S/C29H40N4O4/c1-20(2)30-28(34)19-33-27(24-10-8-11-25(14-24)36-5)18-32-17-23(13-26(32)29(33)35)9-6-7-12-31-15-21(3)37-22(4)16-31/h8,10-11,13-14,17-18,20-22H,6-7,9,12,15-16,19H2,1-5H3,(H,30,34). The highest BCUT2D eigenvalue weighted by Crippen LogP contribution is 2.24. The molecule has 1 amide bonds. The van der Waals surface area contributed by atoms with Gasteiger partial charge in [0.15, 0.2) is 0 Å². The number of ether oxygens (including phenoxy) is 2. The Hall–Kier alpha value is -3.10. The highest BCUT2D eigenvalue weighted by molar-refractivity contribution is 5.77. The van der Waals surface area contributed by atoms with Crippen LogP contribution in [0.1, 0.15) is 46.1 Å². The number of fused-ring (bicyclic) bond motifs is 1.